The average Bonchev–Trinajstić information content (AvgIpc) is 2.73. The summed E-state index contributed by atoms with van der Waals surface area (Å²) in [6, 6.07) is 0. The van der Waals surface area contributed by atoms with Crippen LogP contribution in [0, 0.1) is 34.5 Å². The molecule has 0 bridgehead atoms. The fourth-order valence-electron chi connectivity index (χ4n) is 7.50. The molecule has 4 aliphatic rings. The summed E-state index contributed by atoms with van der Waals surface area (Å²) in [5.41, 5.74) is -0.799. The first-order valence-corrected chi connectivity index (χ1v) is 9.78. The van der Waals surface area contributed by atoms with E-state index in [1.54, 1.807) is 0 Å². The van der Waals surface area contributed by atoms with Crippen molar-refractivity contribution in [3.63, 3.8) is 0 Å². The minimum absolute atomic E-state index is 0.115. The molecule has 0 amide bonds. The van der Waals surface area contributed by atoms with Gasteiger partial charge in [-0.05, 0) is 87.4 Å². The normalized spacial score (nSPS) is 62.3. The minimum Gasteiger partial charge on any atom is -0.393 e. The average molecular weight is 322 g/mol. The second-order valence-corrected chi connectivity index (χ2v) is 9.93. The number of aliphatic hydroxyl groups excluding tert-OH is 2. The molecule has 3 nitrogen and oxygen atoms in total. The zero-order chi connectivity index (χ0) is 16.6. The predicted octanol–water partition coefficient (Wildman–Crippen LogP) is 3.11. The van der Waals surface area contributed by atoms with Gasteiger partial charge in [0.05, 0.1) is 17.8 Å². The van der Waals surface area contributed by atoms with E-state index in [1.807, 2.05) is 6.92 Å². The molecule has 4 fully saturated rings. The van der Waals surface area contributed by atoms with Crippen molar-refractivity contribution in [2.45, 2.75) is 89.9 Å². The first-order chi connectivity index (χ1) is 10.7. The molecule has 23 heavy (non-hydrogen) atoms. The number of fused-ring (bicyclic) bond motifs is 5. The molecule has 4 aliphatic carbocycles. The zero-order valence-corrected chi connectivity index (χ0v) is 15.0. The van der Waals surface area contributed by atoms with Crippen LogP contribution in [0.2, 0.25) is 0 Å². The van der Waals surface area contributed by atoms with Crippen LogP contribution in [0.15, 0.2) is 0 Å². The molecule has 3 heteroatoms. The Morgan fingerprint density at radius 3 is 2.30 bits per heavy atom. The number of hydrogen-bond acceptors (Lipinski definition) is 3. The zero-order valence-electron chi connectivity index (χ0n) is 15.0. The largest absolute Gasteiger partial charge is 0.393 e. The summed E-state index contributed by atoms with van der Waals surface area (Å²) in [5.74, 6) is 2.28. The van der Waals surface area contributed by atoms with Gasteiger partial charge in [0.1, 0.15) is 0 Å². The first kappa shape index (κ1) is 16.4. The van der Waals surface area contributed by atoms with Crippen LogP contribution >= 0.6 is 0 Å². The van der Waals surface area contributed by atoms with E-state index >= 15 is 0 Å². The molecule has 0 unspecified atom stereocenters. The van der Waals surface area contributed by atoms with Crippen molar-refractivity contribution in [2.75, 3.05) is 0 Å². The Balaban J connectivity index is 1.68. The van der Waals surface area contributed by atoms with E-state index in [-0.39, 0.29) is 16.9 Å². The highest BCUT2D eigenvalue weighted by molar-refractivity contribution is 5.15. The van der Waals surface area contributed by atoms with Crippen LogP contribution in [0.25, 0.3) is 0 Å². The van der Waals surface area contributed by atoms with Crippen molar-refractivity contribution >= 4 is 0 Å². The molecular formula is C20H34O3. The third-order valence-corrected chi connectivity index (χ3v) is 9.28. The van der Waals surface area contributed by atoms with E-state index in [0.717, 1.165) is 38.5 Å². The van der Waals surface area contributed by atoms with Gasteiger partial charge in [-0.3, -0.25) is 0 Å². The van der Waals surface area contributed by atoms with Crippen molar-refractivity contribution in [2.24, 2.45) is 34.5 Å². The molecule has 0 spiro atoms. The third-order valence-electron chi connectivity index (χ3n) is 9.28. The highest BCUT2D eigenvalue weighted by Gasteiger charge is 2.66. The molecule has 0 aromatic carbocycles. The van der Waals surface area contributed by atoms with Gasteiger partial charge in [-0.15, -0.1) is 0 Å². The molecule has 0 heterocycles. The van der Waals surface area contributed by atoms with Crippen LogP contribution in [0.1, 0.15) is 72.1 Å². The maximum Gasteiger partial charge on any atom is 0.0700 e. The van der Waals surface area contributed by atoms with Gasteiger partial charge in [-0.1, -0.05) is 13.8 Å². The Kier molecular flexibility index (Phi) is 3.52. The van der Waals surface area contributed by atoms with Gasteiger partial charge in [0.25, 0.3) is 0 Å². The maximum absolute atomic E-state index is 11.1. The standard InChI is InChI=1S/C20H34O3/c1-18-8-6-13(21)10-12(18)4-5-14-15-7-9-19(2,23)20(15,3)17(22)11-16(14)18/h12-17,21-23H,4-11H2,1-3H3/t12-,13-,14+,15+,16+,17-,18+,19+,20-/m1/s1. The van der Waals surface area contributed by atoms with Crippen LogP contribution in [0.4, 0.5) is 0 Å². The molecule has 4 rings (SSSR count). The Hall–Kier alpha value is -0.120. The van der Waals surface area contributed by atoms with E-state index in [4.69, 9.17) is 0 Å². The van der Waals surface area contributed by atoms with Crippen LogP contribution in [0.5, 0.6) is 0 Å². The monoisotopic (exact) mass is 322 g/mol. The molecule has 0 saturated heterocycles. The van der Waals surface area contributed by atoms with Crippen LogP contribution in [-0.4, -0.2) is 33.1 Å². The van der Waals surface area contributed by atoms with Crippen molar-refractivity contribution < 1.29 is 15.3 Å². The maximum atomic E-state index is 11.1. The molecule has 4 saturated carbocycles. The van der Waals surface area contributed by atoms with Gasteiger partial charge >= 0.3 is 0 Å². The van der Waals surface area contributed by atoms with Gasteiger partial charge in [-0.2, -0.15) is 0 Å². The third kappa shape index (κ3) is 1.99. The van der Waals surface area contributed by atoms with Gasteiger partial charge in [0.2, 0.25) is 0 Å². The molecule has 9 atom stereocenters. The summed E-state index contributed by atoms with van der Waals surface area (Å²) in [6.07, 6.45) is 7.65. The second-order valence-electron chi connectivity index (χ2n) is 9.93. The summed E-state index contributed by atoms with van der Waals surface area (Å²) in [4.78, 5) is 0. The van der Waals surface area contributed by atoms with E-state index < -0.39 is 11.7 Å². The Labute approximate surface area is 140 Å². The fraction of sp³-hybridized carbons (Fsp3) is 1.00. The summed E-state index contributed by atoms with van der Waals surface area (Å²) in [6.45, 7) is 6.52. The molecule has 132 valence electrons. The lowest BCUT2D eigenvalue weighted by atomic mass is 9.44. The Morgan fingerprint density at radius 1 is 0.826 bits per heavy atom. The van der Waals surface area contributed by atoms with Crippen molar-refractivity contribution in [1.82, 2.24) is 0 Å². The van der Waals surface area contributed by atoms with Gasteiger partial charge in [-0.25, -0.2) is 0 Å². The van der Waals surface area contributed by atoms with E-state index in [2.05, 4.69) is 13.8 Å². The van der Waals surface area contributed by atoms with E-state index in [9.17, 15) is 15.3 Å². The van der Waals surface area contributed by atoms with Crippen LogP contribution in [0.3, 0.4) is 0 Å². The molecule has 3 N–H and O–H groups in total. The van der Waals surface area contributed by atoms with Gasteiger partial charge in [0.15, 0.2) is 0 Å². The van der Waals surface area contributed by atoms with Gasteiger partial charge < -0.3 is 15.3 Å². The van der Waals surface area contributed by atoms with Gasteiger partial charge in [0, 0.05) is 5.41 Å². The highest BCUT2D eigenvalue weighted by Crippen LogP contribution is 2.68. The van der Waals surface area contributed by atoms with Crippen LogP contribution in [-0.2, 0) is 0 Å². The molecular weight excluding hydrogens is 288 g/mol. The highest BCUT2D eigenvalue weighted by atomic mass is 16.3. The molecule has 0 radical (unpaired) electrons. The lowest BCUT2D eigenvalue weighted by Gasteiger charge is -2.62. The summed E-state index contributed by atoms with van der Waals surface area (Å²) in [7, 11) is 0. The number of rotatable bonds is 0. The SMILES string of the molecule is C[C@]12CC[C@@H](O)C[C@H]1CC[C@@H]1[C@@H]2C[C@@H](O)[C@@]2(C)[C@H]1CC[C@]2(C)O. The lowest BCUT2D eigenvalue weighted by Crippen LogP contribution is -2.61. The van der Waals surface area contributed by atoms with Crippen LogP contribution < -0.4 is 0 Å². The second kappa shape index (κ2) is 4.95. The molecule has 0 aromatic rings. The Morgan fingerprint density at radius 2 is 1.57 bits per heavy atom. The summed E-state index contributed by atoms with van der Waals surface area (Å²) >= 11 is 0. The smallest absolute Gasteiger partial charge is 0.0700 e. The van der Waals surface area contributed by atoms with E-state index in [0.29, 0.717) is 23.7 Å². The first-order valence-electron chi connectivity index (χ1n) is 9.78. The number of aliphatic hydroxyl groups is 3. The minimum atomic E-state index is -0.734. The fourth-order valence-corrected chi connectivity index (χ4v) is 7.50. The number of hydrogen-bond donors (Lipinski definition) is 3. The van der Waals surface area contributed by atoms with Crippen molar-refractivity contribution in [3.8, 4) is 0 Å². The Bertz CT molecular complexity index is 489. The predicted molar refractivity (Wildman–Crippen MR) is 89.7 cm³/mol. The van der Waals surface area contributed by atoms with E-state index in [1.165, 1.54) is 12.8 Å². The quantitative estimate of drug-likeness (QED) is 0.642. The van der Waals surface area contributed by atoms with Crippen molar-refractivity contribution in [1.29, 1.82) is 0 Å². The summed E-state index contributed by atoms with van der Waals surface area (Å²) in [5, 5.41) is 32.1. The summed E-state index contributed by atoms with van der Waals surface area (Å²) < 4.78 is 0. The topological polar surface area (TPSA) is 60.7 Å². The van der Waals surface area contributed by atoms with Crippen molar-refractivity contribution in [3.05, 3.63) is 0 Å². The lowest BCUT2D eigenvalue weighted by molar-refractivity contribution is -0.202. The molecule has 0 aliphatic heterocycles. The molecule has 0 aromatic heterocycles.